The highest BCUT2D eigenvalue weighted by molar-refractivity contribution is 5.79. The zero-order chi connectivity index (χ0) is 17.9. The maximum absolute atomic E-state index is 12.5. The van der Waals surface area contributed by atoms with Crippen LogP contribution in [0.2, 0.25) is 0 Å². The van der Waals surface area contributed by atoms with E-state index in [1.54, 1.807) is 11.8 Å². The van der Waals surface area contributed by atoms with Crippen molar-refractivity contribution in [2.24, 2.45) is 0 Å². The van der Waals surface area contributed by atoms with Gasteiger partial charge in [0, 0.05) is 12.6 Å². The average Bonchev–Trinajstić information content (AvgIpc) is 2.60. The van der Waals surface area contributed by atoms with Crippen molar-refractivity contribution in [3.8, 4) is 5.75 Å². The Balaban J connectivity index is 2.61. The van der Waals surface area contributed by atoms with Crippen LogP contribution < -0.4 is 4.74 Å². The van der Waals surface area contributed by atoms with Crippen LogP contribution in [0, 0.1) is 0 Å². The molecule has 0 aliphatic rings. The van der Waals surface area contributed by atoms with Crippen molar-refractivity contribution in [1.82, 2.24) is 4.90 Å². The molecule has 1 rings (SSSR count). The topological polar surface area (TPSA) is 55.8 Å². The molecule has 0 fully saturated rings. The molecule has 0 aliphatic carbocycles. The highest BCUT2D eigenvalue weighted by Crippen LogP contribution is 2.14. The van der Waals surface area contributed by atoms with Gasteiger partial charge in [-0.2, -0.15) is 0 Å². The minimum atomic E-state index is -0.282. The van der Waals surface area contributed by atoms with Crippen molar-refractivity contribution in [1.29, 1.82) is 0 Å². The molecule has 5 nitrogen and oxygen atoms in total. The average molecular weight is 335 g/mol. The largest absolute Gasteiger partial charge is 0.484 e. The van der Waals surface area contributed by atoms with E-state index in [0.29, 0.717) is 18.9 Å². The first-order chi connectivity index (χ1) is 11.5. The van der Waals surface area contributed by atoms with Gasteiger partial charge in [0.05, 0.1) is 13.0 Å². The van der Waals surface area contributed by atoms with Gasteiger partial charge in [0.15, 0.2) is 6.61 Å². The van der Waals surface area contributed by atoms with Gasteiger partial charge in [-0.3, -0.25) is 9.59 Å². The summed E-state index contributed by atoms with van der Waals surface area (Å²) in [6.07, 6.45) is 1.94. The first kappa shape index (κ1) is 20.0. The maximum Gasteiger partial charge on any atom is 0.307 e. The van der Waals surface area contributed by atoms with Crippen molar-refractivity contribution in [3.05, 3.63) is 29.8 Å². The van der Waals surface area contributed by atoms with E-state index in [9.17, 15) is 9.59 Å². The number of benzene rings is 1. The van der Waals surface area contributed by atoms with Gasteiger partial charge in [0.2, 0.25) is 0 Å². The number of aryl methyl sites for hydroxylation is 1. The molecule has 1 unspecified atom stereocenters. The van der Waals surface area contributed by atoms with Crippen LogP contribution >= 0.6 is 0 Å². The second-order valence-electron chi connectivity index (χ2n) is 5.69. The monoisotopic (exact) mass is 335 g/mol. The second kappa shape index (κ2) is 10.7. The number of hydrogen-bond acceptors (Lipinski definition) is 4. The van der Waals surface area contributed by atoms with Crippen LogP contribution in [0.1, 0.15) is 46.1 Å². The maximum atomic E-state index is 12.5. The number of ether oxygens (including phenoxy) is 2. The van der Waals surface area contributed by atoms with Crippen LogP contribution in [0.3, 0.4) is 0 Å². The molecule has 0 spiro atoms. The zero-order valence-corrected chi connectivity index (χ0v) is 15.2. The summed E-state index contributed by atoms with van der Waals surface area (Å²) in [5, 5.41) is 0. The van der Waals surface area contributed by atoms with E-state index >= 15 is 0 Å². The molecule has 1 aromatic rings. The molecule has 0 radical (unpaired) electrons. The van der Waals surface area contributed by atoms with Gasteiger partial charge >= 0.3 is 5.97 Å². The van der Waals surface area contributed by atoms with E-state index in [1.807, 2.05) is 38.1 Å². The van der Waals surface area contributed by atoms with Crippen LogP contribution in [0.25, 0.3) is 0 Å². The van der Waals surface area contributed by atoms with Gasteiger partial charge in [-0.15, -0.1) is 0 Å². The summed E-state index contributed by atoms with van der Waals surface area (Å²) in [4.78, 5) is 25.7. The molecule has 5 heteroatoms. The Labute approximate surface area is 144 Å². The number of nitrogens with zero attached hydrogens (tertiary/aromatic N) is 1. The third-order valence-corrected chi connectivity index (χ3v) is 3.97. The summed E-state index contributed by atoms with van der Waals surface area (Å²) >= 11 is 0. The molecule has 0 N–H and O–H groups in total. The Kier molecular flexibility index (Phi) is 8.90. The number of carbonyl (C=O) groups is 2. The molecule has 0 saturated carbocycles. The summed E-state index contributed by atoms with van der Waals surface area (Å²) < 4.78 is 10.6. The molecule has 1 aromatic carbocycles. The summed E-state index contributed by atoms with van der Waals surface area (Å²) in [6.45, 7) is 8.51. The van der Waals surface area contributed by atoms with Gasteiger partial charge < -0.3 is 14.4 Å². The first-order valence-electron chi connectivity index (χ1n) is 8.68. The predicted octanol–water partition coefficient (Wildman–Crippen LogP) is 3.21. The smallest absolute Gasteiger partial charge is 0.307 e. The van der Waals surface area contributed by atoms with Crippen LogP contribution in [0.4, 0.5) is 0 Å². The zero-order valence-electron chi connectivity index (χ0n) is 15.2. The molecule has 0 aliphatic heterocycles. The lowest BCUT2D eigenvalue weighted by Crippen LogP contribution is -2.42. The Bertz CT molecular complexity index is 530. The predicted molar refractivity (Wildman–Crippen MR) is 94.0 cm³/mol. The van der Waals surface area contributed by atoms with Crippen LogP contribution in [0.5, 0.6) is 5.75 Å². The van der Waals surface area contributed by atoms with Crippen molar-refractivity contribution in [2.45, 2.75) is 53.0 Å². The van der Waals surface area contributed by atoms with Gasteiger partial charge in [-0.25, -0.2) is 0 Å². The molecular weight excluding hydrogens is 306 g/mol. The molecule has 0 aromatic heterocycles. The van der Waals surface area contributed by atoms with E-state index < -0.39 is 0 Å². The third-order valence-electron chi connectivity index (χ3n) is 3.97. The van der Waals surface area contributed by atoms with Gasteiger partial charge in [0.25, 0.3) is 5.91 Å². The van der Waals surface area contributed by atoms with E-state index in [1.165, 1.54) is 5.56 Å². The lowest BCUT2D eigenvalue weighted by atomic mass is 10.2. The summed E-state index contributed by atoms with van der Waals surface area (Å²) in [5.41, 5.74) is 1.17. The number of amides is 1. The van der Waals surface area contributed by atoms with E-state index in [4.69, 9.17) is 9.47 Å². The highest BCUT2D eigenvalue weighted by atomic mass is 16.5. The Morgan fingerprint density at radius 3 is 2.58 bits per heavy atom. The fraction of sp³-hybridized carbons (Fsp3) is 0.579. The number of rotatable bonds is 10. The van der Waals surface area contributed by atoms with Crippen molar-refractivity contribution >= 4 is 11.9 Å². The molecule has 0 heterocycles. The first-order valence-corrected chi connectivity index (χ1v) is 8.68. The van der Waals surface area contributed by atoms with E-state index in [0.717, 1.165) is 12.8 Å². The number of esters is 1. The summed E-state index contributed by atoms with van der Waals surface area (Å²) in [6, 6.07) is 7.79. The Hall–Kier alpha value is -2.04. The van der Waals surface area contributed by atoms with Crippen molar-refractivity contribution in [3.63, 3.8) is 0 Å². The van der Waals surface area contributed by atoms with Crippen molar-refractivity contribution < 1.29 is 19.1 Å². The van der Waals surface area contributed by atoms with E-state index in [-0.39, 0.29) is 30.9 Å². The number of hydrogen-bond donors (Lipinski definition) is 0. The summed E-state index contributed by atoms with van der Waals surface area (Å²) in [7, 11) is 0. The molecule has 134 valence electrons. The van der Waals surface area contributed by atoms with Crippen molar-refractivity contribution in [2.75, 3.05) is 19.8 Å². The lowest BCUT2D eigenvalue weighted by Gasteiger charge is -2.28. The molecule has 1 amide bonds. The standard InChI is InChI=1S/C19H29NO4/c1-5-15(4)20(12-11-19(22)23-7-3)18(21)14-24-17-10-8-9-16(6-2)13-17/h8-10,13,15H,5-7,11-12,14H2,1-4H3. The van der Waals surface area contributed by atoms with Crippen LogP contribution in [0.15, 0.2) is 24.3 Å². The van der Waals surface area contributed by atoms with Gasteiger partial charge in [0.1, 0.15) is 5.75 Å². The van der Waals surface area contributed by atoms with Crippen LogP contribution in [-0.4, -0.2) is 42.6 Å². The Morgan fingerprint density at radius 2 is 1.96 bits per heavy atom. The van der Waals surface area contributed by atoms with Gasteiger partial charge in [-0.05, 0) is 44.4 Å². The number of carbonyl (C=O) groups excluding carboxylic acids is 2. The van der Waals surface area contributed by atoms with Gasteiger partial charge in [-0.1, -0.05) is 26.0 Å². The summed E-state index contributed by atoms with van der Waals surface area (Å²) in [5.74, 6) is 0.294. The lowest BCUT2D eigenvalue weighted by molar-refractivity contribution is -0.144. The fourth-order valence-corrected chi connectivity index (χ4v) is 2.34. The quantitative estimate of drug-likeness (QED) is 0.616. The SMILES string of the molecule is CCOC(=O)CCN(C(=O)COc1cccc(CC)c1)C(C)CC. The molecule has 0 saturated heterocycles. The molecule has 24 heavy (non-hydrogen) atoms. The van der Waals surface area contributed by atoms with Crippen LogP contribution in [-0.2, 0) is 20.7 Å². The molecular formula is C19H29NO4. The second-order valence-corrected chi connectivity index (χ2v) is 5.69. The highest BCUT2D eigenvalue weighted by Gasteiger charge is 2.20. The molecule has 0 bridgehead atoms. The minimum Gasteiger partial charge on any atom is -0.484 e. The fourth-order valence-electron chi connectivity index (χ4n) is 2.34. The van der Waals surface area contributed by atoms with E-state index in [2.05, 4.69) is 6.92 Å². The molecule has 1 atom stereocenters. The normalized spacial score (nSPS) is 11.7. The third kappa shape index (κ3) is 6.60. The minimum absolute atomic E-state index is 0.0274. The Morgan fingerprint density at radius 1 is 1.21 bits per heavy atom.